The van der Waals surface area contributed by atoms with Gasteiger partial charge in [0, 0.05) is 23.9 Å². The third kappa shape index (κ3) is 3.62. The van der Waals surface area contributed by atoms with Crippen LogP contribution in [0.15, 0.2) is 60.7 Å². The van der Waals surface area contributed by atoms with Gasteiger partial charge in [-0.2, -0.15) is 0 Å². The minimum absolute atomic E-state index is 0.128. The molecule has 0 saturated carbocycles. The van der Waals surface area contributed by atoms with Crippen molar-refractivity contribution in [2.24, 2.45) is 5.41 Å². The summed E-state index contributed by atoms with van der Waals surface area (Å²) in [7, 11) is 1.68. The first kappa shape index (κ1) is 17.8. The first-order chi connectivity index (χ1) is 13.2. The van der Waals surface area contributed by atoms with Gasteiger partial charge >= 0.3 is 0 Å². The van der Waals surface area contributed by atoms with Gasteiger partial charge in [-0.25, -0.2) is 4.98 Å². The highest BCUT2D eigenvalue weighted by molar-refractivity contribution is 5.86. The number of anilines is 1. The molecule has 1 aliphatic rings. The smallest absolute Gasteiger partial charge is 0.145 e. The van der Waals surface area contributed by atoms with Gasteiger partial charge in [0.2, 0.25) is 0 Å². The van der Waals surface area contributed by atoms with Crippen LogP contribution in [0.1, 0.15) is 18.4 Å². The van der Waals surface area contributed by atoms with Crippen LogP contribution in [0.2, 0.25) is 0 Å². The highest BCUT2D eigenvalue weighted by Crippen LogP contribution is 2.36. The molecule has 1 fully saturated rings. The summed E-state index contributed by atoms with van der Waals surface area (Å²) in [6, 6.07) is 20.6. The van der Waals surface area contributed by atoms with Crippen molar-refractivity contribution in [3.05, 3.63) is 66.2 Å². The molecular weight excluding hydrogens is 336 g/mol. The van der Waals surface area contributed by atoms with E-state index in [1.54, 1.807) is 7.11 Å². The Kier molecular flexibility index (Phi) is 4.99. The molecule has 4 nitrogen and oxygen atoms in total. The number of methoxy groups -OCH3 is 1. The minimum Gasteiger partial charge on any atom is -0.494 e. The van der Waals surface area contributed by atoms with Crippen molar-refractivity contribution in [2.75, 3.05) is 31.7 Å². The zero-order chi connectivity index (χ0) is 18.7. The van der Waals surface area contributed by atoms with Crippen LogP contribution >= 0.6 is 0 Å². The number of aliphatic hydroxyl groups is 1. The molecule has 140 valence electrons. The predicted octanol–water partition coefficient (Wildman–Crippen LogP) is 4.07. The molecule has 0 amide bonds. The molecule has 0 aliphatic carbocycles. The van der Waals surface area contributed by atoms with Crippen LogP contribution in [0.5, 0.6) is 5.75 Å². The maximum Gasteiger partial charge on any atom is 0.145 e. The van der Waals surface area contributed by atoms with Crippen molar-refractivity contribution in [3.63, 3.8) is 0 Å². The fraction of sp³-hybridized carbons (Fsp3) is 0.348. The van der Waals surface area contributed by atoms with Crippen molar-refractivity contribution < 1.29 is 9.84 Å². The average Bonchev–Trinajstić information content (AvgIpc) is 2.73. The van der Waals surface area contributed by atoms with Crippen LogP contribution in [-0.2, 0) is 6.42 Å². The lowest BCUT2D eigenvalue weighted by atomic mass is 9.75. The van der Waals surface area contributed by atoms with E-state index in [0.717, 1.165) is 54.8 Å². The topological polar surface area (TPSA) is 45.6 Å². The summed E-state index contributed by atoms with van der Waals surface area (Å²) < 4.78 is 5.49. The number of para-hydroxylation sites is 1. The maximum atomic E-state index is 10.3. The van der Waals surface area contributed by atoms with E-state index in [4.69, 9.17) is 9.72 Å². The van der Waals surface area contributed by atoms with Gasteiger partial charge in [-0.1, -0.05) is 42.5 Å². The molecule has 27 heavy (non-hydrogen) atoms. The van der Waals surface area contributed by atoms with Crippen LogP contribution in [0.4, 0.5) is 5.82 Å². The Morgan fingerprint density at radius 1 is 1.07 bits per heavy atom. The molecular formula is C23H26N2O2. The zero-order valence-electron chi connectivity index (χ0n) is 15.8. The van der Waals surface area contributed by atoms with Gasteiger partial charge in [-0.3, -0.25) is 0 Å². The molecule has 0 unspecified atom stereocenters. The summed E-state index contributed by atoms with van der Waals surface area (Å²) in [6.07, 6.45) is 2.97. The number of rotatable bonds is 5. The van der Waals surface area contributed by atoms with Crippen molar-refractivity contribution in [1.29, 1.82) is 0 Å². The van der Waals surface area contributed by atoms with Gasteiger partial charge in [0.1, 0.15) is 17.1 Å². The van der Waals surface area contributed by atoms with E-state index in [1.165, 1.54) is 5.56 Å². The van der Waals surface area contributed by atoms with E-state index in [1.807, 2.05) is 18.2 Å². The number of fused-ring (bicyclic) bond motifs is 1. The number of hydrogen-bond acceptors (Lipinski definition) is 4. The molecule has 2 heterocycles. The molecule has 1 aliphatic heterocycles. The molecule has 1 N–H and O–H groups in total. The van der Waals surface area contributed by atoms with Gasteiger partial charge in [0.15, 0.2) is 0 Å². The first-order valence-corrected chi connectivity index (χ1v) is 9.57. The lowest BCUT2D eigenvalue weighted by Gasteiger charge is -2.42. The summed E-state index contributed by atoms with van der Waals surface area (Å²) in [5, 5.41) is 11.3. The SMILES string of the molecule is COc1cccc2ccc(N3CCC[C@](CO)(Cc4ccccc4)C3)nc12. The third-order valence-electron chi connectivity index (χ3n) is 5.63. The summed E-state index contributed by atoms with van der Waals surface area (Å²) in [4.78, 5) is 7.21. The second-order valence-electron chi connectivity index (χ2n) is 7.55. The van der Waals surface area contributed by atoms with Gasteiger partial charge in [0.05, 0.1) is 13.7 Å². The zero-order valence-corrected chi connectivity index (χ0v) is 15.8. The van der Waals surface area contributed by atoms with Gasteiger partial charge in [0.25, 0.3) is 0 Å². The minimum atomic E-state index is -0.128. The Bertz CT molecular complexity index is 913. The highest BCUT2D eigenvalue weighted by Gasteiger charge is 2.35. The second-order valence-corrected chi connectivity index (χ2v) is 7.55. The standard InChI is InChI=1S/C23H26N2O2/c1-27-20-10-5-9-19-11-12-21(24-22(19)20)25-14-6-13-23(16-25,17-26)15-18-7-3-2-4-8-18/h2-5,7-12,26H,6,13-17H2,1H3/t23-/m0/s1. The Morgan fingerprint density at radius 2 is 1.93 bits per heavy atom. The lowest BCUT2D eigenvalue weighted by Crippen LogP contribution is -2.47. The fourth-order valence-electron chi connectivity index (χ4n) is 4.21. The Morgan fingerprint density at radius 3 is 2.70 bits per heavy atom. The van der Waals surface area contributed by atoms with Crippen LogP contribution < -0.4 is 9.64 Å². The van der Waals surface area contributed by atoms with Crippen molar-refractivity contribution in [1.82, 2.24) is 4.98 Å². The van der Waals surface area contributed by atoms with E-state index < -0.39 is 0 Å². The molecule has 1 saturated heterocycles. The maximum absolute atomic E-state index is 10.3. The van der Waals surface area contributed by atoms with Gasteiger partial charge in [-0.15, -0.1) is 0 Å². The Labute approximate surface area is 160 Å². The van der Waals surface area contributed by atoms with Crippen LogP contribution in [0, 0.1) is 5.41 Å². The third-order valence-corrected chi connectivity index (χ3v) is 5.63. The van der Waals surface area contributed by atoms with Gasteiger partial charge < -0.3 is 14.7 Å². The van der Waals surface area contributed by atoms with E-state index in [2.05, 4.69) is 47.4 Å². The van der Waals surface area contributed by atoms with E-state index in [9.17, 15) is 5.11 Å². The normalized spacial score (nSPS) is 20.0. The number of nitrogens with zero attached hydrogens (tertiary/aromatic N) is 2. The fourth-order valence-corrected chi connectivity index (χ4v) is 4.21. The summed E-state index contributed by atoms with van der Waals surface area (Å²) >= 11 is 0. The number of benzene rings is 2. The summed E-state index contributed by atoms with van der Waals surface area (Å²) in [6.45, 7) is 1.96. The van der Waals surface area contributed by atoms with Crippen molar-refractivity contribution >= 4 is 16.7 Å². The van der Waals surface area contributed by atoms with Crippen molar-refractivity contribution in [2.45, 2.75) is 19.3 Å². The highest BCUT2D eigenvalue weighted by atomic mass is 16.5. The first-order valence-electron chi connectivity index (χ1n) is 9.57. The molecule has 1 atom stereocenters. The number of pyridine rings is 1. The van der Waals surface area contributed by atoms with E-state index in [-0.39, 0.29) is 12.0 Å². The molecule has 0 bridgehead atoms. The van der Waals surface area contributed by atoms with E-state index >= 15 is 0 Å². The quantitative estimate of drug-likeness (QED) is 0.743. The Hall–Kier alpha value is -2.59. The molecule has 4 heteroatoms. The molecule has 0 radical (unpaired) electrons. The van der Waals surface area contributed by atoms with Crippen LogP contribution in [-0.4, -0.2) is 36.9 Å². The lowest BCUT2D eigenvalue weighted by molar-refractivity contribution is 0.105. The number of hydrogen-bond donors (Lipinski definition) is 1. The number of aliphatic hydroxyl groups excluding tert-OH is 1. The summed E-state index contributed by atoms with van der Waals surface area (Å²) in [5.41, 5.74) is 2.04. The van der Waals surface area contributed by atoms with Crippen LogP contribution in [0.25, 0.3) is 10.9 Å². The Balaban J connectivity index is 1.63. The molecule has 4 rings (SSSR count). The average molecular weight is 362 g/mol. The molecule has 1 aromatic heterocycles. The second kappa shape index (κ2) is 7.57. The predicted molar refractivity (Wildman–Crippen MR) is 109 cm³/mol. The van der Waals surface area contributed by atoms with Gasteiger partial charge in [-0.05, 0) is 43.0 Å². The molecule has 0 spiro atoms. The molecule has 3 aromatic rings. The summed E-state index contributed by atoms with van der Waals surface area (Å²) in [5.74, 6) is 1.75. The van der Waals surface area contributed by atoms with Crippen LogP contribution in [0.3, 0.4) is 0 Å². The van der Waals surface area contributed by atoms with Crippen molar-refractivity contribution in [3.8, 4) is 5.75 Å². The number of piperidine rings is 1. The number of ether oxygens (including phenoxy) is 1. The van der Waals surface area contributed by atoms with E-state index in [0.29, 0.717) is 0 Å². The monoisotopic (exact) mass is 362 g/mol. The number of aromatic nitrogens is 1. The molecule has 2 aromatic carbocycles. The largest absolute Gasteiger partial charge is 0.494 e.